The van der Waals surface area contributed by atoms with Crippen LogP contribution in [0.4, 0.5) is 0 Å². The van der Waals surface area contributed by atoms with Crippen LogP contribution >= 0.6 is 47.4 Å². The molecular formula is C7H5Cl3S. The normalized spacial score (nSPS) is 10.3. The van der Waals surface area contributed by atoms with Crippen molar-refractivity contribution in [3.8, 4) is 0 Å². The molecule has 0 nitrogen and oxygen atoms in total. The number of hydrogen-bond donors (Lipinski definition) is 1. The van der Waals surface area contributed by atoms with Crippen molar-refractivity contribution in [2.24, 2.45) is 0 Å². The van der Waals surface area contributed by atoms with E-state index in [1.165, 1.54) is 0 Å². The van der Waals surface area contributed by atoms with Crippen LogP contribution in [0.2, 0.25) is 15.1 Å². The second-order valence-electron chi connectivity index (χ2n) is 2.15. The van der Waals surface area contributed by atoms with Gasteiger partial charge in [0, 0.05) is 4.90 Å². The van der Waals surface area contributed by atoms with Crippen LogP contribution in [-0.2, 0) is 0 Å². The smallest absolute Gasteiger partial charge is 0.0743 e. The highest BCUT2D eigenvalue weighted by Gasteiger charge is 2.08. The summed E-state index contributed by atoms with van der Waals surface area (Å²) >= 11 is 21.5. The van der Waals surface area contributed by atoms with E-state index < -0.39 is 0 Å². The Balaban J connectivity index is 3.46. The summed E-state index contributed by atoms with van der Waals surface area (Å²) in [6.45, 7) is 1.84. The van der Waals surface area contributed by atoms with Gasteiger partial charge in [-0.05, 0) is 18.6 Å². The van der Waals surface area contributed by atoms with Crippen molar-refractivity contribution in [2.45, 2.75) is 11.8 Å². The minimum Gasteiger partial charge on any atom is -0.140 e. The molecule has 0 radical (unpaired) electrons. The SMILES string of the molecule is Cc1cc(Cl)c(S)c(Cl)c1Cl. The molecule has 0 spiro atoms. The molecule has 0 fully saturated rings. The molecule has 0 N–H and O–H groups in total. The lowest BCUT2D eigenvalue weighted by molar-refractivity contribution is 1.38. The number of benzene rings is 1. The molecular weight excluding hydrogens is 223 g/mol. The highest BCUT2D eigenvalue weighted by Crippen LogP contribution is 2.36. The Hall–Kier alpha value is 0.440. The van der Waals surface area contributed by atoms with Gasteiger partial charge in [-0.3, -0.25) is 0 Å². The molecule has 0 heterocycles. The summed E-state index contributed by atoms with van der Waals surface area (Å²) in [6, 6.07) is 1.73. The molecule has 0 aliphatic rings. The summed E-state index contributed by atoms with van der Waals surface area (Å²) in [5.74, 6) is 0. The molecule has 60 valence electrons. The highest BCUT2D eigenvalue weighted by atomic mass is 35.5. The molecule has 1 aromatic carbocycles. The molecule has 0 bridgehead atoms. The number of thiol groups is 1. The molecule has 1 rings (SSSR count). The third kappa shape index (κ3) is 1.78. The average molecular weight is 228 g/mol. The second-order valence-corrected chi connectivity index (χ2v) is 3.76. The molecule has 0 amide bonds. The number of aryl methyl sites for hydroxylation is 1. The van der Waals surface area contributed by atoms with E-state index >= 15 is 0 Å². The minimum absolute atomic E-state index is 0.417. The van der Waals surface area contributed by atoms with E-state index in [2.05, 4.69) is 12.6 Å². The fourth-order valence-electron chi connectivity index (χ4n) is 0.704. The van der Waals surface area contributed by atoms with Gasteiger partial charge in [0.2, 0.25) is 0 Å². The molecule has 0 aliphatic heterocycles. The van der Waals surface area contributed by atoms with Crippen molar-refractivity contribution in [1.82, 2.24) is 0 Å². The highest BCUT2D eigenvalue weighted by molar-refractivity contribution is 7.80. The maximum absolute atomic E-state index is 5.82. The quantitative estimate of drug-likeness (QED) is 0.497. The Labute approximate surface area is 85.9 Å². The zero-order valence-electron chi connectivity index (χ0n) is 5.66. The van der Waals surface area contributed by atoms with E-state index in [0.717, 1.165) is 5.56 Å². The standard InChI is InChI=1S/C7H5Cl3S/c1-3-2-4(8)7(11)6(10)5(3)9/h2,11H,1H3. The number of halogens is 3. The van der Waals surface area contributed by atoms with Gasteiger partial charge >= 0.3 is 0 Å². The Morgan fingerprint density at radius 2 is 1.73 bits per heavy atom. The minimum atomic E-state index is 0.417. The van der Waals surface area contributed by atoms with Crippen molar-refractivity contribution in [1.29, 1.82) is 0 Å². The predicted molar refractivity (Wildman–Crippen MR) is 53.5 cm³/mol. The van der Waals surface area contributed by atoms with Gasteiger partial charge in [0.1, 0.15) is 0 Å². The Bertz CT molecular complexity index is 270. The fraction of sp³-hybridized carbons (Fsp3) is 0.143. The van der Waals surface area contributed by atoms with Crippen LogP contribution in [0, 0.1) is 6.92 Å². The van der Waals surface area contributed by atoms with Crippen LogP contribution in [0.25, 0.3) is 0 Å². The fourth-order valence-corrected chi connectivity index (χ4v) is 1.65. The van der Waals surface area contributed by atoms with E-state index in [-0.39, 0.29) is 0 Å². The lowest BCUT2D eigenvalue weighted by Crippen LogP contribution is -1.80. The van der Waals surface area contributed by atoms with Gasteiger partial charge in [0.15, 0.2) is 0 Å². The summed E-state index contributed by atoms with van der Waals surface area (Å²) in [5.41, 5.74) is 0.861. The summed E-state index contributed by atoms with van der Waals surface area (Å²) in [5, 5.41) is 1.46. The van der Waals surface area contributed by atoms with Gasteiger partial charge in [-0.15, -0.1) is 12.6 Å². The zero-order chi connectivity index (χ0) is 8.59. The van der Waals surface area contributed by atoms with Gasteiger partial charge in [-0.25, -0.2) is 0 Å². The second kappa shape index (κ2) is 3.44. The van der Waals surface area contributed by atoms with Crippen molar-refractivity contribution < 1.29 is 0 Å². The first-order chi connectivity index (χ1) is 5.04. The Kier molecular flexibility index (Phi) is 2.98. The van der Waals surface area contributed by atoms with Crippen LogP contribution in [0.5, 0.6) is 0 Å². The van der Waals surface area contributed by atoms with E-state index in [9.17, 15) is 0 Å². The topological polar surface area (TPSA) is 0 Å². The Morgan fingerprint density at radius 3 is 2.27 bits per heavy atom. The molecule has 0 atom stereocenters. The molecule has 0 saturated heterocycles. The van der Waals surface area contributed by atoms with Gasteiger partial charge in [-0.2, -0.15) is 0 Å². The largest absolute Gasteiger partial charge is 0.140 e. The molecule has 0 saturated carbocycles. The molecule has 0 aliphatic carbocycles. The van der Waals surface area contributed by atoms with Gasteiger partial charge in [0.25, 0.3) is 0 Å². The van der Waals surface area contributed by atoms with E-state index in [1.54, 1.807) is 6.07 Å². The van der Waals surface area contributed by atoms with Gasteiger partial charge in [0.05, 0.1) is 15.1 Å². The van der Waals surface area contributed by atoms with Crippen molar-refractivity contribution in [3.05, 3.63) is 26.7 Å². The van der Waals surface area contributed by atoms with Crippen LogP contribution in [-0.4, -0.2) is 0 Å². The maximum atomic E-state index is 5.82. The third-order valence-corrected chi connectivity index (χ3v) is 3.30. The average Bonchev–Trinajstić information content (AvgIpc) is 1.97. The van der Waals surface area contributed by atoms with Crippen LogP contribution in [0.3, 0.4) is 0 Å². The summed E-state index contributed by atoms with van der Waals surface area (Å²) in [4.78, 5) is 0.531. The molecule has 4 heteroatoms. The molecule has 1 aromatic rings. The monoisotopic (exact) mass is 226 g/mol. The first-order valence-corrected chi connectivity index (χ1v) is 4.45. The van der Waals surface area contributed by atoms with Crippen molar-refractivity contribution >= 4 is 47.4 Å². The van der Waals surface area contributed by atoms with Crippen LogP contribution in [0.1, 0.15) is 5.56 Å². The third-order valence-electron chi connectivity index (χ3n) is 1.32. The number of rotatable bonds is 0. The number of hydrogen-bond acceptors (Lipinski definition) is 1. The van der Waals surface area contributed by atoms with E-state index in [1.807, 2.05) is 6.92 Å². The van der Waals surface area contributed by atoms with Crippen molar-refractivity contribution in [3.63, 3.8) is 0 Å². The Morgan fingerprint density at radius 1 is 1.18 bits per heavy atom. The predicted octanol–water partition coefficient (Wildman–Crippen LogP) is 4.24. The lowest BCUT2D eigenvalue weighted by Gasteiger charge is -2.04. The summed E-state index contributed by atoms with van der Waals surface area (Å²) < 4.78 is 0. The summed E-state index contributed by atoms with van der Waals surface area (Å²) in [7, 11) is 0. The molecule has 11 heavy (non-hydrogen) atoms. The molecule has 0 unspecified atom stereocenters. The molecule has 0 aromatic heterocycles. The maximum Gasteiger partial charge on any atom is 0.0743 e. The van der Waals surface area contributed by atoms with Crippen LogP contribution < -0.4 is 0 Å². The van der Waals surface area contributed by atoms with Crippen LogP contribution in [0.15, 0.2) is 11.0 Å². The van der Waals surface area contributed by atoms with Gasteiger partial charge in [-0.1, -0.05) is 34.8 Å². The summed E-state index contributed by atoms with van der Waals surface area (Å²) in [6.07, 6.45) is 0. The zero-order valence-corrected chi connectivity index (χ0v) is 8.82. The lowest BCUT2D eigenvalue weighted by atomic mass is 10.2. The first-order valence-electron chi connectivity index (χ1n) is 2.87. The van der Waals surface area contributed by atoms with E-state index in [0.29, 0.717) is 20.0 Å². The van der Waals surface area contributed by atoms with Gasteiger partial charge < -0.3 is 0 Å². The first kappa shape index (κ1) is 9.53. The van der Waals surface area contributed by atoms with Crippen molar-refractivity contribution in [2.75, 3.05) is 0 Å². The van der Waals surface area contributed by atoms with E-state index in [4.69, 9.17) is 34.8 Å².